The highest BCUT2D eigenvalue weighted by Crippen LogP contribution is 2.05. The molecule has 0 saturated carbocycles. The summed E-state index contributed by atoms with van der Waals surface area (Å²) >= 11 is 0. The van der Waals surface area contributed by atoms with E-state index in [0.717, 1.165) is 0 Å². The molecule has 1 rings (SSSR count). The summed E-state index contributed by atoms with van der Waals surface area (Å²) in [4.78, 5) is 0. The van der Waals surface area contributed by atoms with E-state index in [2.05, 4.69) is 0 Å². The van der Waals surface area contributed by atoms with E-state index in [1.54, 1.807) is 0 Å². The summed E-state index contributed by atoms with van der Waals surface area (Å²) in [5, 5.41) is 17.6. The van der Waals surface area contributed by atoms with E-state index in [4.69, 9.17) is 14.9 Å². The van der Waals surface area contributed by atoms with Gasteiger partial charge in [-0.3, -0.25) is 0 Å². The van der Waals surface area contributed by atoms with Gasteiger partial charge in [0.15, 0.2) is 0 Å². The minimum atomic E-state index is -0.459. The number of hydrogen-bond donors (Lipinski definition) is 2. The Labute approximate surface area is 47.9 Å². The van der Waals surface area contributed by atoms with Crippen molar-refractivity contribution >= 4 is 0 Å². The number of ether oxygens (including phenoxy) is 1. The molecule has 1 aliphatic rings. The molecular formula is C5H10O3. The van der Waals surface area contributed by atoms with Crippen LogP contribution in [-0.2, 0) is 4.74 Å². The molecule has 0 radical (unpaired) electrons. The highest BCUT2D eigenvalue weighted by molar-refractivity contribution is 4.66. The summed E-state index contributed by atoms with van der Waals surface area (Å²) in [6.07, 6.45) is -0.461. The molecule has 2 N–H and O–H groups in total. The van der Waals surface area contributed by atoms with Crippen LogP contribution < -0.4 is 0 Å². The number of aliphatic hydroxyl groups is 2. The van der Waals surface area contributed by atoms with Gasteiger partial charge in [0.1, 0.15) is 0 Å². The molecular weight excluding hydrogens is 108 g/mol. The maximum atomic E-state index is 8.79. The fourth-order valence-corrected chi connectivity index (χ4v) is 0.790. The van der Waals surface area contributed by atoms with Crippen LogP contribution in [0.25, 0.3) is 0 Å². The summed E-state index contributed by atoms with van der Waals surface area (Å²) in [5.41, 5.74) is 0. The van der Waals surface area contributed by atoms with Crippen molar-refractivity contribution < 1.29 is 14.9 Å². The lowest BCUT2D eigenvalue weighted by Gasteiger charge is -2.21. The Kier molecular flexibility index (Phi) is 1.83. The lowest BCUT2D eigenvalue weighted by atomic mass is 10.1. The Bertz CT molecular complexity index is 66.1. The first-order valence-electron chi connectivity index (χ1n) is 2.73. The molecule has 0 bridgehead atoms. The topological polar surface area (TPSA) is 49.7 Å². The van der Waals surface area contributed by atoms with Crippen molar-refractivity contribution in [3.63, 3.8) is 0 Å². The standard InChI is InChI=1S/C5H10O3/c6-4-1-5(7)3-8-2-4/h4-7H,1-3H2/t4-,5-/m1/s1. The Balaban J connectivity index is 2.23. The SMILES string of the molecule is O[C@H]1COC[C@H](O)C1. The fourth-order valence-electron chi connectivity index (χ4n) is 0.790. The van der Waals surface area contributed by atoms with Crippen molar-refractivity contribution in [1.29, 1.82) is 0 Å². The third-order valence-corrected chi connectivity index (χ3v) is 1.16. The third-order valence-electron chi connectivity index (χ3n) is 1.16. The number of aliphatic hydroxyl groups excluding tert-OH is 2. The predicted molar refractivity (Wildman–Crippen MR) is 27.4 cm³/mol. The van der Waals surface area contributed by atoms with E-state index in [1.807, 2.05) is 0 Å². The molecule has 8 heavy (non-hydrogen) atoms. The van der Waals surface area contributed by atoms with Crippen LogP contribution in [0.15, 0.2) is 0 Å². The molecule has 0 amide bonds. The molecule has 0 spiro atoms. The summed E-state index contributed by atoms with van der Waals surface area (Å²) in [6.45, 7) is 0.744. The lowest BCUT2D eigenvalue weighted by Crippen LogP contribution is -2.32. The molecule has 48 valence electrons. The van der Waals surface area contributed by atoms with Gasteiger partial charge in [-0.2, -0.15) is 0 Å². The molecule has 0 aromatic heterocycles. The van der Waals surface area contributed by atoms with E-state index in [0.29, 0.717) is 19.6 Å². The minimum Gasteiger partial charge on any atom is -0.391 e. The smallest absolute Gasteiger partial charge is 0.0799 e. The zero-order valence-corrected chi connectivity index (χ0v) is 4.58. The van der Waals surface area contributed by atoms with Gasteiger partial charge >= 0.3 is 0 Å². The van der Waals surface area contributed by atoms with Gasteiger partial charge in [-0.25, -0.2) is 0 Å². The number of rotatable bonds is 0. The van der Waals surface area contributed by atoms with Crippen LogP contribution in [0.3, 0.4) is 0 Å². The van der Waals surface area contributed by atoms with Gasteiger partial charge in [-0.05, 0) is 0 Å². The van der Waals surface area contributed by atoms with Crippen LogP contribution in [0.5, 0.6) is 0 Å². The largest absolute Gasteiger partial charge is 0.391 e. The predicted octanol–water partition coefficient (Wildman–Crippen LogP) is -0.872. The van der Waals surface area contributed by atoms with Crippen LogP contribution in [0.1, 0.15) is 6.42 Å². The van der Waals surface area contributed by atoms with Crippen LogP contribution >= 0.6 is 0 Å². The van der Waals surface area contributed by atoms with E-state index >= 15 is 0 Å². The van der Waals surface area contributed by atoms with Crippen molar-refractivity contribution in [3.05, 3.63) is 0 Å². The van der Waals surface area contributed by atoms with E-state index < -0.39 is 12.2 Å². The normalized spacial score (nSPS) is 39.8. The molecule has 1 aliphatic heterocycles. The maximum absolute atomic E-state index is 8.79. The summed E-state index contributed by atoms with van der Waals surface area (Å²) in [5.74, 6) is 0. The zero-order chi connectivity index (χ0) is 5.98. The van der Waals surface area contributed by atoms with Gasteiger partial charge in [0, 0.05) is 6.42 Å². The molecule has 1 fully saturated rings. The van der Waals surface area contributed by atoms with Gasteiger partial charge in [0.2, 0.25) is 0 Å². The molecule has 3 heteroatoms. The van der Waals surface area contributed by atoms with Crippen molar-refractivity contribution in [2.75, 3.05) is 13.2 Å². The van der Waals surface area contributed by atoms with Crippen LogP contribution in [0.2, 0.25) is 0 Å². The Hall–Kier alpha value is -0.120. The molecule has 0 aromatic rings. The fraction of sp³-hybridized carbons (Fsp3) is 1.00. The first-order valence-corrected chi connectivity index (χ1v) is 2.73. The highest BCUT2D eigenvalue weighted by Gasteiger charge is 2.17. The highest BCUT2D eigenvalue weighted by atomic mass is 16.5. The van der Waals surface area contributed by atoms with Gasteiger partial charge in [0.25, 0.3) is 0 Å². The van der Waals surface area contributed by atoms with Gasteiger partial charge < -0.3 is 14.9 Å². The number of hydrogen-bond acceptors (Lipinski definition) is 3. The van der Waals surface area contributed by atoms with E-state index in [-0.39, 0.29) is 0 Å². The Morgan fingerprint density at radius 1 is 1.12 bits per heavy atom. The quantitative estimate of drug-likeness (QED) is 0.434. The molecule has 0 aliphatic carbocycles. The van der Waals surface area contributed by atoms with Crippen LogP contribution in [0.4, 0.5) is 0 Å². The van der Waals surface area contributed by atoms with Gasteiger partial charge in [-0.1, -0.05) is 0 Å². The van der Waals surface area contributed by atoms with Crippen molar-refractivity contribution in [2.45, 2.75) is 18.6 Å². The molecule has 0 unspecified atom stereocenters. The van der Waals surface area contributed by atoms with Crippen molar-refractivity contribution in [1.82, 2.24) is 0 Å². The maximum Gasteiger partial charge on any atom is 0.0799 e. The second kappa shape index (κ2) is 2.44. The van der Waals surface area contributed by atoms with Gasteiger partial charge in [0.05, 0.1) is 25.4 Å². The van der Waals surface area contributed by atoms with Crippen LogP contribution in [0, 0.1) is 0 Å². The second-order valence-corrected chi connectivity index (χ2v) is 2.08. The van der Waals surface area contributed by atoms with Crippen LogP contribution in [-0.4, -0.2) is 35.6 Å². The molecule has 3 nitrogen and oxygen atoms in total. The third kappa shape index (κ3) is 1.43. The average Bonchev–Trinajstić information content (AvgIpc) is 1.64. The summed E-state index contributed by atoms with van der Waals surface area (Å²) in [6, 6.07) is 0. The lowest BCUT2D eigenvalue weighted by molar-refractivity contribution is -0.0714. The van der Waals surface area contributed by atoms with Crippen molar-refractivity contribution in [3.8, 4) is 0 Å². The van der Waals surface area contributed by atoms with Crippen molar-refractivity contribution in [2.24, 2.45) is 0 Å². The Morgan fingerprint density at radius 2 is 1.62 bits per heavy atom. The minimum absolute atomic E-state index is 0.372. The zero-order valence-electron chi connectivity index (χ0n) is 4.58. The summed E-state index contributed by atoms with van der Waals surface area (Å²) in [7, 11) is 0. The van der Waals surface area contributed by atoms with E-state index in [1.165, 1.54) is 0 Å². The van der Waals surface area contributed by atoms with E-state index in [9.17, 15) is 0 Å². The average molecular weight is 118 g/mol. The first kappa shape index (κ1) is 6.01. The molecule has 1 heterocycles. The first-order chi connectivity index (χ1) is 3.79. The monoisotopic (exact) mass is 118 g/mol. The molecule has 2 atom stereocenters. The Morgan fingerprint density at radius 3 is 1.88 bits per heavy atom. The summed E-state index contributed by atoms with van der Waals surface area (Å²) < 4.78 is 4.79. The second-order valence-electron chi connectivity index (χ2n) is 2.08. The molecule has 1 saturated heterocycles. The molecule has 0 aromatic carbocycles. The van der Waals surface area contributed by atoms with Gasteiger partial charge in [-0.15, -0.1) is 0 Å².